The minimum atomic E-state index is -0.377. The Bertz CT molecular complexity index is 1330. The second-order valence-corrected chi connectivity index (χ2v) is 13.2. The molecule has 2 saturated carbocycles. The van der Waals surface area contributed by atoms with Gasteiger partial charge in [0.1, 0.15) is 11.6 Å². The molecule has 7 heteroatoms. The molecule has 226 valence electrons. The first-order chi connectivity index (χ1) is 20.2. The van der Waals surface area contributed by atoms with E-state index in [0.29, 0.717) is 31.6 Å². The molecule has 2 atom stereocenters. The van der Waals surface area contributed by atoms with E-state index in [0.717, 1.165) is 59.6 Å². The smallest absolute Gasteiger partial charge is 0.244 e. The molecule has 0 spiro atoms. The predicted octanol–water partition coefficient (Wildman–Crippen LogP) is 7.05. The van der Waals surface area contributed by atoms with Crippen LogP contribution in [0.3, 0.4) is 0 Å². The first kappa shape index (κ1) is 30.4. The summed E-state index contributed by atoms with van der Waals surface area (Å²) in [5.41, 5.74) is 4.14. The summed E-state index contributed by atoms with van der Waals surface area (Å²) in [6.45, 7) is 11.9. The molecular formula is C35H49N5O2. The summed E-state index contributed by atoms with van der Waals surface area (Å²) in [5, 5.41) is 11.0. The first-order valence-electron chi connectivity index (χ1n) is 15.9. The van der Waals surface area contributed by atoms with Crippen LogP contribution in [-0.2, 0) is 16.0 Å². The van der Waals surface area contributed by atoms with Gasteiger partial charge < -0.3 is 9.30 Å². The molecule has 7 nitrogen and oxygen atoms in total. The van der Waals surface area contributed by atoms with Crippen LogP contribution >= 0.6 is 0 Å². The predicted molar refractivity (Wildman–Crippen MR) is 168 cm³/mol. The number of aromatic nitrogens is 3. The Labute approximate surface area is 251 Å². The molecule has 0 saturated heterocycles. The zero-order valence-corrected chi connectivity index (χ0v) is 26.1. The van der Waals surface area contributed by atoms with E-state index in [9.17, 15) is 4.79 Å². The number of hydrazine groups is 1. The molecule has 2 aromatic carbocycles. The van der Waals surface area contributed by atoms with Crippen molar-refractivity contribution in [3.05, 3.63) is 76.9 Å². The maximum Gasteiger partial charge on any atom is 0.244 e. The molecule has 42 heavy (non-hydrogen) atoms. The van der Waals surface area contributed by atoms with Gasteiger partial charge in [0.15, 0.2) is 0 Å². The van der Waals surface area contributed by atoms with Crippen molar-refractivity contribution in [2.45, 2.75) is 97.4 Å². The standard InChI is InChI=1S/C35H49N5O2/c1-23(2)19-28-21-29(22-28)33-37-38-34(39(33)30-12-13-30)31(16-18-42-17-15-27-9-7-6-8-10-27)26(5)35(41)40(36)32-14-11-24(3)20-25(32)4/h6-11,14,20,23,26,28-31H,12-13,15-19,21-22,36H2,1-5H3. The van der Waals surface area contributed by atoms with Crippen LogP contribution in [0.2, 0.25) is 0 Å². The molecule has 0 aliphatic heterocycles. The Morgan fingerprint density at radius 2 is 1.79 bits per heavy atom. The third-order valence-electron chi connectivity index (χ3n) is 9.19. The number of benzene rings is 2. The molecule has 1 heterocycles. The van der Waals surface area contributed by atoms with E-state index in [2.05, 4.69) is 48.7 Å². The zero-order chi connectivity index (χ0) is 29.8. The van der Waals surface area contributed by atoms with Crippen LogP contribution in [0.5, 0.6) is 0 Å². The van der Waals surface area contributed by atoms with Crippen LogP contribution in [0, 0.1) is 31.6 Å². The highest BCUT2D eigenvalue weighted by Gasteiger charge is 2.41. The van der Waals surface area contributed by atoms with Crippen LogP contribution in [0.25, 0.3) is 0 Å². The van der Waals surface area contributed by atoms with Gasteiger partial charge in [0.25, 0.3) is 0 Å². The number of hydrogen-bond acceptors (Lipinski definition) is 5. The maximum atomic E-state index is 13.9. The number of carbonyl (C=O) groups is 1. The maximum absolute atomic E-state index is 13.9. The van der Waals surface area contributed by atoms with Crippen LogP contribution < -0.4 is 10.9 Å². The van der Waals surface area contributed by atoms with Gasteiger partial charge in [-0.2, -0.15) is 0 Å². The van der Waals surface area contributed by atoms with Crippen LogP contribution in [0.15, 0.2) is 48.5 Å². The Kier molecular flexibility index (Phi) is 9.79. The van der Waals surface area contributed by atoms with E-state index < -0.39 is 0 Å². The first-order valence-corrected chi connectivity index (χ1v) is 15.9. The van der Waals surface area contributed by atoms with E-state index in [1.54, 1.807) is 0 Å². The summed E-state index contributed by atoms with van der Waals surface area (Å²) in [4.78, 5) is 13.9. The number of nitrogens with two attached hydrogens (primary N) is 1. The summed E-state index contributed by atoms with van der Waals surface area (Å²) in [5.74, 6) is 9.91. The van der Waals surface area contributed by atoms with E-state index in [4.69, 9.17) is 20.8 Å². The average molecular weight is 572 g/mol. The van der Waals surface area contributed by atoms with Gasteiger partial charge >= 0.3 is 0 Å². The van der Waals surface area contributed by atoms with E-state index in [1.165, 1.54) is 29.8 Å². The largest absolute Gasteiger partial charge is 0.381 e. The lowest BCUT2D eigenvalue weighted by Crippen LogP contribution is -2.43. The second kappa shape index (κ2) is 13.5. The van der Waals surface area contributed by atoms with Crippen LogP contribution in [0.1, 0.15) is 106 Å². The summed E-state index contributed by atoms with van der Waals surface area (Å²) in [6.07, 6.45) is 7.50. The normalized spacial score (nSPS) is 19.9. The van der Waals surface area contributed by atoms with Gasteiger partial charge in [-0.05, 0) is 87.8 Å². The number of carbonyl (C=O) groups excluding carboxylic acids is 1. The van der Waals surface area contributed by atoms with Crippen molar-refractivity contribution in [2.75, 3.05) is 18.2 Å². The molecule has 2 unspecified atom stereocenters. The molecule has 1 aromatic heterocycles. The van der Waals surface area contributed by atoms with E-state index in [1.807, 2.05) is 39.0 Å². The topological polar surface area (TPSA) is 86.3 Å². The fraction of sp³-hybridized carbons (Fsp3) is 0.571. The van der Waals surface area contributed by atoms with Gasteiger partial charge in [-0.25, -0.2) is 10.9 Å². The van der Waals surface area contributed by atoms with Gasteiger partial charge in [0, 0.05) is 30.4 Å². The number of anilines is 1. The van der Waals surface area contributed by atoms with Crippen LogP contribution in [0.4, 0.5) is 5.69 Å². The Morgan fingerprint density at radius 3 is 2.45 bits per heavy atom. The van der Waals surface area contributed by atoms with Gasteiger partial charge in [-0.3, -0.25) is 4.79 Å². The minimum Gasteiger partial charge on any atom is -0.381 e. The molecule has 0 radical (unpaired) electrons. The van der Waals surface area contributed by atoms with Gasteiger partial charge in [-0.15, -0.1) is 10.2 Å². The molecule has 5 rings (SSSR count). The van der Waals surface area contributed by atoms with Crippen molar-refractivity contribution in [1.82, 2.24) is 14.8 Å². The molecule has 3 aromatic rings. The highest BCUT2D eigenvalue weighted by Crippen LogP contribution is 2.48. The minimum absolute atomic E-state index is 0.108. The monoisotopic (exact) mass is 571 g/mol. The fourth-order valence-electron chi connectivity index (χ4n) is 6.70. The van der Waals surface area contributed by atoms with Gasteiger partial charge in [-0.1, -0.05) is 68.8 Å². The highest BCUT2D eigenvalue weighted by atomic mass is 16.5. The Hall–Kier alpha value is -3.03. The lowest BCUT2D eigenvalue weighted by Gasteiger charge is -2.36. The SMILES string of the molecule is Cc1ccc(N(N)C(=O)C(C)C(CCOCCc2ccccc2)c2nnc(C3CC(CC(C)C)C3)n2C2CC2)c(C)c1. The Morgan fingerprint density at radius 1 is 1.05 bits per heavy atom. The zero-order valence-electron chi connectivity index (χ0n) is 26.1. The quantitative estimate of drug-likeness (QED) is 0.0970. The highest BCUT2D eigenvalue weighted by molar-refractivity contribution is 5.95. The molecule has 2 fully saturated rings. The number of hydrogen-bond donors (Lipinski definition) is 1. The number of rotatable bonds is 14. The van der Waals surface area contributed by atoms with E-state index in [-0.39, 0.29) is 17.7 Å². The summed E-state index contributed by atoms with van der Waals surface area (Å²) in [6, 6.07) is 16.8. The van der Waals surface area contributed by atoms with Crippen LogP contribution in [-0.4, -0.2) is 33.9 Å². The van der Waals surface area contributed by atoms with Crippen molar-refractivity contribution < 1.29 is 9.53 Å². The van der Waals surface area contributed by atoms with Crippen molar-refractivity contribution in [3.63, 3.8) is 0 Å². The molecule has 0 bridgehead atoms. The number of aryl methyl sites for hydroxylation is 2. The van der Waals surface area contributed by atoms with Crippen molar-refractivity contribution in [3.8, 4) is 0 Å². The number of nitrogens with zero attached hydrogens (tertiary/aromatic N) is 4. The average Bonchev–Trinajstić information content (AvgIpc) is 3.70. The summed E-state index contributed by atoms with van der Waals surface area (Å²) in [7, 11) is 0. The van der Waals surface area contributed by atoms with Crippen molar-refractivity contribution >= 4 is 11.6 Å². The fourth-order valence-corrected chi connectivity index (χ4v) is 6.70. The number of amides is 1. The molecular weight excluding hydrogens is 522 g/mol. The lowest BCUT2D eigenvalue weighted by molar-refractivity contribution is -0.122. The Balaban J connectivity index is 1.35. The molecule has 2 aliphatic rings. The molecule has 1 amide bonds. The second-order valence-electron chi connectivity index (χ2n) is 13.2. The summed E-state index contributed by atoms with van der Waals surface area (Å²) >= 11 is 0. The lowest BCUT2D eigenvalue weighted by atomic mass is 9.71. The molecule has 2 N–H and O–H groups in total. The van der Waals surface area contributed by atoms with E-state index >= 15 is 0 Å². The van der Waals surface area contributed by atoms with Gasteiger partial charge in [0.2, 0.25) is 5.91 Å². The third-order valence-corrected chi connectivity index (χ3v) is 9.19. The third kappa shape index (κ3) is 7.12. The number of ether oxygens (including phenoxy) is 1. The molecule has 2 aliphatic carbocycles. The van der Waals surface area contributed by atoms with Gasteiger partial charge in [0.05, 0.1) is 12.3 Å². The van der Waals surface area contributed by atoms with Crippen molar-refractivity contribution in [2.24, 2.45) is 23.6 Å². The van der Waals surface area contributed by atoms with Crippen molar-refractivity contribution in [1.29, 1.82) is 0 Å². The summed E-state index contributed by atoms with van der Waals surface area (Å²) < 4.78 is 8.55.